The fourth-order valence-corrected chi connectivity index (χ4v) is 17.1. The van der Waals surface area contributed by atoms with Crippen molar-refractivity contribution in [2.45, 2.75) is 336 Å². The largest absolute Gasteiger partial charge is 0.493 e. The van der Waals surface area contributed by atoms with Crippen LogP contribution in [0.5, 0.6) is 17.2 Å². The molecule has 0 spiro atoms. The maximum Gasteiger partial charge on any atom is 0.126 e. The number of ether oxygens (including phenoxy) is 4. The van der Waals surface area contributed by atoms with Gasteiger partial charge in [-0.15, -0.1) is 0 Å². The van der Waals surface area contributed by atoms with E-state index in [4.69, 9.17) is 18.9 Å². The van der Waals surface area contributed by atoms with Crippen molar-refractivity contribution in [3.05, 3.63) is 110 Å². The Morgan fingerprint density at radius 3 is 0.852 bits per heavy atom. The van der Waals surface area contributed by atoms with Crippen molar-refractivity contribution < 1.29 is 57.3 Å². The van der Waals surface area contributed by atoms with Gasteiger partial charge < -0.3 is 57.3 Å². The Labute approximate surface area is 664 Å². The van der Waals surface area contributed by atoms with Gasteiger partial charge in [-0.25, -0.2) is 0 Å². The van der Waals surface area contributed by atoms with Gasteiger partial charge in [-0.1, -0.05) is 271 Å². The quantitative estimate of drug-likeness (QED) is 0.0326. The molecule has 3 aromatic carbocycles. The highest BCUT2D eigenvalue weighted by atomic mass is 16.5. The summed E-state index contributed by atoms with van der Waals surface area (Å²) >= 11 is 0. The molecule has 618 valence electrons. The van der Waals surface area contributed by atoms with Crippen molar-refractivity contribution in [3.8, 4) is 17.2 Å². The minimum Gasteiger partial charge on any atom is -0.493 e. The number of rotatable bonds is 64. The van der Waals surface area contributed by atoms with E-state index in [1.807, 2.05) is 0 Å². The van der Waals surface area contributed by atoms with Crippen molar-refractivity contribution in [3.63, 3.8) is 0 Å². The normalized spacial score (nSPS) is 15.1. The van der Waals surface area contributed by atoms with Crippen LogP contribution in [-0.4, -0.2) is 186 Å². The van der Waals surface area contributed by atoms with Crippen LogP contribution in [0.15, 0.2) is 59.7 Å². The molecule has 0 radical (unpaired) electrons. The molecule has 0 aromatic heterocycles. The Bertz CT molecular complexity index is 2910. The first-order valence-electron chi connectivity index (χ1n) is 45.3. The summed E-state index contributed by atoms with van der Waals surface area (Å²) in [4.78, 5) is 0. The summed E-state index contributed by atoms with van der Waals surface area (Å²) in [6, 6.07) is 14.8. The highest BCUT2D eigenvalue weighted by Crippen LogP contribution is 2.43. The molecule has 0 saturated heterocycles. The van der Waals surface area contributed by atoms with Gasteiger partial charge in [0.15, 0.2) is 0 Å². The zero-order chi connectivity index (χ0) is 78.1. The zero-order valence-corrected chi connectivity index (χ0v) is 72.4. The summed E-state index contributed by atoms with van der Waals surface area (Å²) in [6.07, 6.45) is 57.7. The molecular weight excluding hydrogens is 1340 g/mol. The fourth-order valence-electron chi connectivity index (χ4n) is 17.1. The van der Waals surface area contributed by atoms with Gasteiger partial charge in [0.2, 0.25) is 0 Å². The Kier molecular flexibility index (Phi) is 48.1. The molecule has 12 nitrogen and oxygen atoms in total. The van der Waals surface area contributed by atoms with Crippen LogP contribution in [-0.2, 0) is 50.1 Å². The highest BCUT2D eigenvalue weighted by molar-refractivity contribution is 5.56. The van der Waals surface area contributed by atoms with Crippen LogP contribution in [0.2, 0.25) is 0 Å². The molecule has 2 atom stereocenters. The first-order valence-corrected chi connectivity index (χ1v) is 45.3. The number of likely N-dealkylation sites (N-methyl/N-ethyl adjacent to an activating group) is 4. The van der Waals surface area contributed by atoms with Crippen LogP contribution in [0.3, 0.4) is 0 Å². The van der Waals surface area contributed by atoms with Gasteiger partial charge in [0.1, 0.15) is 69.6 Å². The lowest BCUT2D eigenvalue weighted by Gasteiger charge is -2.36. The van der Waals surface area contributed by atoms with Crippen molar-refractivity contribution >= 4 is 0 Å². The average molecular weight is 1510 g/mol. The second kappa shape index (κ2) is 54.8. The highest BCUT2D eigenvalue weighted by Gasteiger charge is 2.35. The number of unbranched alkanes of at least 4 members (excludes halogenated alkanes) is 36. The molecule has 0 heterocycles. The minimum atomic E-state index is -0.234. The third-order valence-electron chi connectivity index (χ3n) is 23.4. The van der Waals surface area contributed by atoms with Crippen molar-refractivity contribution in [1.82, 2.24) is 0 Å². The maximum atomic E-state index is 10.6. The molecule has 108 heavy (non-hydrogen) atoms. The van der Waals surface area contributed by atoms with E-state index in [0.717, 1.165) is 100 Å². The molecule has 2 aliphatic carbocycles. The Morgan fingerprint density at radius 1 is 0.306 bits per heavy atom. The molecule has 0 saturated carbocycles. The summed E-state index contributed by atoms with van der Waals surface area (Å²) in [5.74, 6) is 2.90. The van der Waals surface area contributed by atoms with Crippen molar-refractivity contribution in [1.29, 1.82) is 0 Å². The Morgan fingerprint density at radius 2 is 0.556 bits per heavy atom. The molecule has 0 amide bonds. The van der Waals surface area contributed by atoms with E-state index < -0.39 is 0 Å². The van der Waals surface area contributed by atoms with Gasteiger partial charge in [0.05, 0.1) is 109 Å². The maximum absolute atomic E-state index is 10.6. The van der Waals surface area contributed by atoms with E-state index in [1.54, 1.807) is 0 Å². The fraction of sp³-hybridized carbons (Fsp3) is 0.771. The Balaban J connectivity index is 1.85. The van der Waals surface area contributed by atoms with Gasteiger partial charge in [0, 0.05) is 47.6 Å². The molecule has 2 aliphatic rings. The standard InChI is InChI=1S/C96H170N4O8/c1-13-17-21-25-29-33-37-41-45-49-61-105-93-85-65-81(77-97(5,6)53-57-101)66-86(93)74-88-68-83(79-99(9,10)55-59-103)70-90(95(88)107-63-51-47-43-39-35-31-27-23-19-15-3)76-92-72-84(80-100(11,12)56-60-104)71-91(96(92)108-64-52-48-44-40-36-32-28-24-20-16-4)75-89-69-82(78-98(7,8)54-58-102)67-87(73-85)94(89)106-62-50-46-42-38-34-30-26-22-18-14-2/h65-72,85,93,101-104H,13-64,73-80H2,1-12H3/q+4. The van der Waals surface area contributed by atoms with Crippen molar-refractivity contribution in [2.24, 2.45) is 5.92 Å². The van der Waals surface area contributed by atoms with E-state index in [0.29, 0.717) is 96.2 Å². The Hall–Kier alpha value is -3.82. The molecule has 5 rings (SSSR count). The van der Waals surface area contributed by atoms with Gasteiger partial charge in [-0.2, -0.15) is 0 Å². The monoisotopic (exact) mass is 1510 g/mol. The zero-order valence-electron chi connectivity index (χ0n) is 72.4. The average Bonchev–Trinajstić information content (AvgIpc) is 0.771. The summed E-state index contributed by atoms with van der Waals surface area (Å²) < 4.78 is 33.0. The predicted molar refractivity (Wildman–Crippen MR) is 458 cm³/mol. The summed E-state index contributed by atoms with van der Waals surface area (Å²) in [5, 5.41) is 42.6. The molecule has 3 aromatic rings. The van der Waals surface area contributed by atoms with Crippen LogP contribution in [0.1, 0.15) is 335 Å². The van der Waals surface area contributed by atoms with Gasteiger partial charge in [0.25, 0.3) is 0 Å². The third kappa shape index (κ3) is 38.8. The number of hydrogen-bond acceptors (Lipinski definition) is 8. The number of fused-ring (bicyclic) bond motifs is 8. The van der Waals surface area contributed by atoms with Crippen LogP contribution in [0.25, 0.3) is 0 Å². The SMILES string of the molecule is CCCCCCCCCCCCOc1c2cc(C[N+](C)(C)CCO)cc1Cc1cc(C[N+](C)(C)CCO)cc(c1OCCCCCCCCCCCC)Cc1cc(C[N+](C)(C)CCO)cc(c1OCCCCCCCCCCCC)CC1C=C(C[N+](C)(C)CCO)C=C(C2)C1OCCCCCCCCCCCC. The van der Waals surface area contributed by atoms with Crippen LogP contribution >= 0.6 is 0 Å². The number of nitrogens with zero attached hydrogens (tertiary/aromatic N) is 4. The molecular formula is C96H170N4O8+4. The number of aliphatic hydroxyl groups is 4. The second-order valence-electron chi connectivity index (χ2n) is 36.3. The van der Waals surface area contributed by atoms with Crippen LogP contribution in [0, 0.1) is 5.92 Å². The van der Waals surface area contributed by atoms with Crippen LogP contribution < -0.4 is 14.2 Å². The van der Waals surface area contributed by atoms with Crippen molar-refractivity contribution in [2.75, 3.05) is 142 Å². The van der Waals surface area contributed by atoms with E-state index in [2.05, 4.69) is 133 Å². The molecule has 8 bridgehead atoms. The lowest BCUT2D eigenvalue weighted by Crippen LogP contribution is -2.44. The summed E-state index contributed by atoms with van der Waals surface area (Å²) in [6.45, 7) is 17.7. The van der Waals surface area contributed by atoms with E-state index in [1.165, 1.54) is 261 Å². The smallest absolute Gasteiger partial charge is 0.126 e. The second-order valence-corrected chi connectivity index (χ2v) is 36.3. The topological polar surface area (TPSA) is 118 Å². The number of aliphatic hydroxyl groups excluding tert-OH is 4. The molecule has 2 unspecified atom stereocenters. The molecule has 4 N–H and O–H groups in total. The van der Waals surface area contributed by atoms with Gasteiger partial charge >= 0.3 is 0 Å². The molecule has 0 fully saturated rings. The van der Waals surface area contributed by atoms with E-state index in [-0.39, 0.29) is 38.4 Å². The van der Waals surface area contributed by atoms with E-state index >= 15 is 0 Å². The minimum absolute atomic E-state index is 0.0481. The van der Waals surface area contributed by atoms with Crippen LogP contribution in [0.4, 0.5) is 0 Å². The first kappa shape index (κ1) is 94.8. The van der Waals surface area contributed by atoms with E-state index in [9.17, 15) is 20.4 Å². The summed E-state index contributed by atoms with van der Waals surface area (Å²) in [7, 11) is 18.0. The third-order valence-corrected chi connectivity index (χ3v) is 23.4. The van der Waals surface area contributed by atoms with Gasteiger partial charge in [-0.05, 0) is 114 Å². The lowest BCUT2D eigenvalue weighted by atomic mass is 9.79. The first-order chi connectivity index (χ1) is 52.2. The van der Waals surface area contributed by atoms with Gasteiger partial charge in [-0.3, -0.25) is 0 Å². The molecule has 0 aliphatic heterocycles. The summed E-state index contributed by atoms with van der Waals surface area (Å²) in [5.41, 5.74) is 13.3. The number of quaternary nitrogens is 4. The molecule has 12 heteroatoms. The number of hydrogen-bond donors (Lipinski definition) is 4. The number of benzene rings is 3. The predicted octanol–water partition coefficient (Wildman–Crippen LogP) is 21.4. The lowest BCUT2D eigenvalue weighted by molar-refractivity contribution is -0.903.